The van der Waals surface area contributed by atoms with Crippen LogP contribution in [0.1, 0.15) is 18.1 Å². The lowest BCUT2D eigenvalue weighted by Gasteiger charge is -2.13. The van der Waals surface area contributed by atoms with Gasteiger partial charge in [-0.2, -0.15) is 0 Å². The highest BCUT2D eigenvalue weighted by Gasteiger charge is 2.18. The van der Waals surface area contributed by atoms with Gasteiger partial charge in [-0.15, -0.1) is 0 Å². The van der Waals surface area contributed by atoms with Crippen LogP contribution in [0.4, 0.5) is 0 Å². The molecule has 0 aliphatic carbocycles. The van der Waals surface area contributed by atoms with E-state index in [2.05, 4.69) is 0 Å². The van der Waals surface area contributed by atoms with Gasteiger partial charge in [0.1, 0.15) is 11.8 Å². The Morgan fingerprint density at radius 2 is 2.13 bits per heavy atom. The maximum Gasteiger partial charge on any atom is 0.320 e. The Morgan fingerprint density at radius 3 is 2.67 bits per heavy atom. The zero-order chi connectivity index (χ0) is 11.4. The molecule has 1 aromatic rings. The summed E-state index contributed by atoms with van der Waals surface area (Å²) in [5, 5.41) is 27.3. The van der Waals surface area contributed by atoms with Gasteiger partial charge in [0, 0.05) is 6.42 Å². The summed E-state index contributed by atoms with van der Waals surface area (Å²) in [6.45, 7) is 0. The molecule has 0 fully saturated rings. The first-order valence-corrected chi connectivity index (χ1v) is 4.46. The summed E-state index contributed by atoms with van der Waals surface area (Å²) in [6.07, 6.45) is -1.07. The molecule has 1 unspecified atom stereocenters. The van der Waals surface area contributed by atoms with Gasteiger partial charge < -0.3 is 21.1 Å². The predicted octanol–water partition coefficient (Wildman–Crippen LogP) is 0.228. The molecular weight excluding hydrogens is 198 g/mol. The zero-order valence-electron chi connectivity index (χ0n) is 8.00. The second kappa shape index (κ2) is 4.77. The van der Waals surface area contributed by atoms with Crippen molar-refractivity contribution in [2.45, 2.75) is 18.6 Å². The molecule has 5 N–H and O–H groups in total. The number of phenolic OH excluding ortho intramolecular Hbond substituents is 1. The number of rotatable bonds is 4. The van der Waals surface area contributed by atoms with Crippen molar-refractivity contribution in [3.05, 3.63) is 29.8 Å². The molecular formula is C10H13NO4. The fourth-order valence-corrected chi connectivity index (χ4v) is 1.21. The van der Waals surface area contributed by atoms with Gasteiger partial charge in [-0.25, -0.2) is 0 Å². The lowest BCUT2D eigenvalue weighted by atomic mass is 10.0. The minimum atomic E-state index is -1.16. The van der Waals surface area contributed by atoms with E-state index in [0.717, 1.165) is 0 Å². The summed E-state index contributed by atoms with van der Waals surface area (Å²) in [7, 11) is 0. The number of phenols is 1. The highest BCUT2D eigenvalue weighted by molar-refractivity contribution is 5.73. The molecule has 1 rings (SSSR count). The molecule has 5 nitrogen and oxygen atoms in total. The number of aliphatic hydroxyl groups excluding tert-OH is 1. The minimum Gasteiger partial charge on any atom is -0.508 e. The third kappa shape index (κ3) is 3.23. The van der Waals surface area contributed by atoms with Crippen LogP contribution in [0.25, 0.3) is 0 Å². The van der Waals surface area contributed by atoms with Gasteiger partial charge >= 0.3 is 5.97 Å². The number of carbonyl (C=O) groups is 1. The van der Waals surface area contributed by atoms with E-state index < -0.39 is 18.1 Å². The van der Waals surface area contributed by atoms with Crippen molar-refractivity contribution >= 4 is 5.97 Å². The van der Waals surface area contributed by atoms with Crippen molar-refractivity contribution in [3.8, 4) is 5.75 Å². The summed E-state index contributed by atoms with van der Waals surface area (Å²) < 4.78 is 0. The Morgan fingerprint density at radius 1 is 1.47 bits per heavy atom. The molecule has 0 saturated heterocycles. The van der Waals surface area contributed by atoms with E-state index in [1.165, 1.54) is 12.1 Å². The van der Waals surface area contributed by atoms with Crippen LogP contribution >= 0.6 is 0 Å². The number of aliphatic carboxylic acids is 1. The summed E-state index contributed by atoms with van der Waals surface area (Å²) in [5.41, 5.74) is 5.72. The minimum absolute atomic E-state index is 0.0236. The molecule has 5 heteroatoms. The van der Waals surface area contributed by atoms with Gasteiger partial charge in [0.15, 0.2) is 0 Å². The summed E-state index contributed by atoms with van der Waals surface area (Å²) in [6, 6.07) is 4.90. The van der Waals surface area contributed by atoms with Crippen LogP contribution in [0.15, 0.2) is 24.3 Å². The third-order valence-electron chi connectivity index (χ3n) is 2.05. The number of aliphatic hydroxyl groups is 1. The van der Waals surface area contributed by atoms with Gasteiger partial charge in [0.05, 0.1) is 6.10 Å². The van der Waals surface area contributed by atoms with Crippen molar-refractivity contribution in [3.63, 3.8) is 0 Å². The van der Waals surface area contributed by atoms with Crippen molar-refractivity contribution in [1.29, 1.82) is 0 Å². The molecule has 0 amide bonds. The third-order valence-corrected chi connectivity index (χ3v) is 2.05. The van der Waals surface area contributed by atoms with Crippen LogP contribution in [0.3, 0.4) is 0 Å². The molecule has 82 valence electrons. The van der Waals surface area contributed by atoms with Crippen LogP contribution in [0.5, 0.6) is 5.75 Å². The number of aromatic hydroxyl groups is 1. The van der Waals surface area contributed by atoms with Gasteiger partial charge in [0.2, 0.25) is 0 Å². The standard InChI is InChI=1S/C10H13NO4/c11-8(10(14)15)5-9(13)6-2-1-3-7(12)4-6/h1-4,8-9,12-13H,5,11H2,(H,14,15)/t8-,9?/m0/s1. The van der Waals surface area contributed by atoms with E-state index in [4.69, 9.17) is 15.9 Å². The fourth-order valence-electron chi connectivity index (χ4n) is 1.21. The van der Waals surface area contributed by atoms with E-state index in [-0.39, 0.29) is 12.2 Å². The summed E-state index contributed by atoms with van der Waals surface area (Å²) in [5.74, 6) is -1.13. The van der Waals surface area contributed by atoms with Crippen LogP contribution in [0.2, 0.25) is 0 Å². The average Bonchev–Trinajstić information content (AvgIpc) is 2.17. The Balaban J connectivity index is 2.68. The number of nitrogens with two attached hydrogens (primary N) is 1. The maximum atomic E-state index is 10.4. The van der Waals surface area contributed by atoms with Crippen molar-refractivity contribution in [1.82, 2.24) is 0 Å². The van der Waals surface area contributed by atoms with Gasteiger partial charge in [0.25, 0.3) is 0 Å². The number of carboxylic acid groups (broad SMARTS) is 1. The molecule has 0 spiro atoms. The van der Waals surface area contributed by atoms with Crippen molar-refractivity contribution in [2.24, 2.45) is 5.73 Å². The normalized spacial score (nSPS) is 14.5. The summed E-state index contributed by atoms with van der Waals surface area (Å²) in [4.78, 5) is 10.4. The van der Waals surface area contributed by atoms with Gasteiger partial charge in [-0.1, -0.05) is 12.1 Å². The van der Waals surface area contributed by atoms with E-state index in [1.807, 2.05) is 0 Å². The number of benzene rings is 1. The van der Waals surface area contributed by atoms with E-state index >= 15 is 0 Å². The lowest BCUT2D eigenvalue weighted by molar-refractivity contribution is -0.139. The molecule has 1 aromatic carbocycles. The first kappa shape index (κ1) is 11.5. The van der Waals surface area contributed by atoms with Gasteiger partial charge in [-0.05, 0) is 17.7 Å². The maximum absolute atomic E-state index is 10.4. The largest absolute Gasteiger partial charge is 0.508 e. The lowest BCUT2D eigenvalue weighted by Crippen LogP contribution is -2.31. The van der Waals surface area contributed by atoms with Crippen molar-refractivity contribution < 1.29 is 20.1 Å². The molecule has 0 aromatic heterocycles. The topological polar surface area (TPSA) is 104 Å². The molecule has 0 aliphatic rings. The van der Waals surface area contributed by atoms with E-state index in [9.17, 15) is 9.90 Å². The second-order valence-electron chi connectivity index (χ2n) is 3.29. The molecule has 0 saturated carbocycles. The highest BCUT2D eigenvalue weighted by Crippen LogP contribution is 2.21. The summed E-state index contributed by atoms with van der Waals surface area (Å²) >= 11 is 0. The van der Waals surface area contributed by atoms with E-state index in [0.29, 0.717) is 5.56 Å². The zero-order valence-corrected chi connectivity index (χ0v) is 8.00. The Labute approximate surface area is 86.8 Å². The first-order chi connectivity index (χ1) is 7.00. The Hall–Kier alpha value is -1.59. The van der Waals surface area contributed by atoms with Crippen molar-refractivity contribution in [2.75, 3.05) is 0 Å². The second-order valence-corrected chi connectivity index (χ2v) is 3.29. The molecule has 0 aliphatic heterocycles. The molecule has 2 atom stereocenters. The van der Waals surface area contributed by atoms with Gasteiger partial charge in [-0.3, -0.25) is 4.79 Å². The molecule has 0 radical (unpaired) electrons. The van der Waals surface area contributed by atoms with Crippen LogP contribution < -0.4 is 5.73 Å². The average molecular weight is 211 g/mol. The number of carboxylic acids is 1. The fraction of sp³-hybridized carbons (Fsp3) is 0.300. The SMILES string of the molecule is N[C@@H](CC(O)c1cccc(O)c1)C(=O)O. The highest BCUT2D eigenvalue weighted by atomic mass is 16.4. The van der Waals surface area contributed by atoms with E-state index in [1.54, 1.807) is 12.1 Å². The van der Waals surface area contributed by atoms with Crippen LogP contribution in [-0.2, 0) is 4.79 Å². The van der Waals surface area contributed by atoms with Crippen LogP contribution in [-0.4, -0.2) is 27.3 Å². The monoisotopic (exact) mass is 211 g/mol. The molecule has 0 heterocycles. The quantitative estimate of drug-likeness (QED) is 0.570. The molecule has 0 bridgehead atoms. The smallest absolute Gasteiger partial charge is 0.320 e. The predicted molar refractivity (Wildman–Crippen MR) is 53.3 cm³/mol. The number of hydrogen-bond donors (Lipinski definition) is 4. The Bertz CT molecular complexity index is 353. The van der Waals surface area contributed by atoms with Crippen LogP contribution in [0, 0.1) is 0 Å². The Kier molecular flexibility index (Phi) is 3.65. The molecule has 15 heavy (non-hydrogen) atoms. The first-order valence-electron chi connectivity index (χ1n) is 4.46. The number of hydrogen-bond acceptors (Lipinski definition) is 4.